The average molecular weight is 307 g/mol. The Balaban J connectivity index is 1.94. The van der Waals surface area contributed by atoms with Gasteiger partial charge in [0.05, 0.1) is 0 Å². The van der Waals surface area contributed by atoms with Crippen molar-refractivity contribution in [3.05, 3.63) is 59.8 Å². The summed E-state index contributed by atoms with van der Waals surface area (Å²) >= 11 is 5.12. The van der Waals surface area contributed by atoms with Crippen LogP contribution in [0.25, 0.3) is 10.8 Å². The third kappa shape index (κ3) is 2.69. The number of hydrogen-bond acceptors (Lipinski definition) is 3. The maximum absolute atomic E-state index is 12.5. The van der Waals surface area contributed by atoms with Gasteiger partial charge in [0.15, 0.2) is 5.11 Å². The van der Waals surface area contributed by atoms with Gasteiger partial charge >= 0.3 is 0 Å². The Morgan fingerprint density at radius 2 is 2.05 bits per heavy atom. The lowest BCUT2D eigenvalue weighted by atomic mass is 10.0. The summed E-state index contributed by atoms with van der Waals surface area (Å²) < 4.78 is 0. The molecule has 0 unspecified atom stereocenters. The fourth-order valence-electron chi connectivity index (χ4n) is 2.39. The summed E-state index contributed by atoms with van der Waals surface area (Å²) in [6, 6.07) is 15.2. The van der Waals surface area contributed by atoms with E-state index in [0.29, 0.717) is 17.2 Å². The number of hydrogen-bond donors (Lipinski definition) is 1. The molecule has 1 saturated heterocycles. The first-order valence-electron chi connectivity index (χ1n) is 6.89. The molecule has 1 aliphatic rings. The standard InChI is InChI=1S/C17H13N3OS/c18-10-15(11-20-8-7-19-17(20)22)16(21)14-6-5-12-3-1-2-4-13(12)9-14/h1-6,9,11H,7-8H2,(H,19,22)/b15-11-. The number of nitriles is 1. The maximum Gasteiger partial charge on any atom is 0.205 e. The molecule has 1 N–H and O–H groups in total. The van der Waals surface area contributed by atoms with Crippen molar-refractivity contribution >= 4 is 33.9 Å². The second-order valence-electron chi connectivity index (χ2n) is 4.97. The summed E-state index contributed by atoms with van der Waals surface area (Å²) in [5, 5.41) is 14.9. The lowest BCUT2D eigenvalue weighted by Crippen LogP contribution is -2.23. The van der Waals surface area contributed by atoms with Crippen LogP contribution < -0.4 is 5.32 Å². The maximum atomic E-state index is 12.5. The van der Waals surface area contributed by atoms with Gasteiger partial charge in [-0.15, -0.1) is 0 Å². The molecule has 1 aliphatic heterocycles. The van der Waals surface area contributed by atoms with E-state index < -0.39 is 0 Å². The van der Waals surface area contributed by atoms with Gasteiger partial charge in [-0.1, -0.05) is 36.4 Å². The van der Waals surface area contributed by atoms with Crippen LogP contribution in [-0.2, 0) is 0 Å². The molecule has 0 aromatic heterocycles. The van der Waals surface area contributed by atoms with Crippen molar-refractivity contribution in [2.45, 2.75) is 0 Å². The van der Waals surface area contributed by atoms with Gasteiger partial charge in [0, 0.05) is 24.9 Å². The fraction of sp³-hybridized carbons (Fsp3) is 0.118. The van der Waals surface area contributed by atoms with Crippen LogP contribution in [0.15, 0.2) is 54.2 Å². The van der Waals surface area contributed by atoms with Crippen LogP contribution in [0.5, 0.6) is 0 Å². The van der Waals surface area contributed by atoms with Crippen molar-refractivity contribution in [3.63, 3.8) is 0 Å². The molecule has 5 heteroatoms. The van der Waals surface area contributed by atoms with Crippen molar-refractivity contribution < 1.29 is 4.79 Å². The summed E-state index contributed by atoms with van der Waals surface area (Å²) in [6.07, 6.45) is 1.53. The Morgan fingerprint density at radius 3 is 2.73 bits per heavy atom. The second-order valence-corrected chi connectivity index (χ2v) is 5.36. The molecule has 1 heterocycles. The number of allylic oxidation sites excluding steroid dienone is 1. The number of nitrogens with one attached hydrogen (secondary N) is 1. The molecule has 1 fully saturated rings. The molecule has 0 bridgehead atoms. The number of thiocarbonyl (C=S) groups is 1. The minimum absolute atomic E-state index is 0.0846. The normalized spacial score (nSPS) is 14.8. The van der Waals surface area contributed by atoms with Crippen LogP contribution in [-0.4, -0.2) is 28.9 Å². The topological polar surface area (TPSA) is 56.1 Å². The molecule has 0 spiro atoms. The van der Waals surface area contributed by atoms with Crippen LogP contribution in [0, 0.1) is 11.3 Å². The summed E-state index contributed by atoms with van der Waals surface area (Å²) in [6.45, 7) is 1.38. The molecule has 2 aromatic carbocycles. The van der Waals surface area contributed by atoms with E-state index in [4.69, 9.17) is 12.2 Å². The van der Waals surface area contributed by atoms with Crippen LogP contribution in [0.2, 0.25) is 0 Å². The number of carbonyl (C=O) groups is 1. The largest absolute Gasteiger partial charge is 0.360 e. The van der Waals surface area contributed by atoms with Crippen LogP contribution in [0.4, 0.5) is 0 Å². The molecule has 0 aliphatic carbocycles. The predicted molar refractivity (Wildman–Crippen MR) is 89.3 cm³/mol. The SMILES string of the molecule is N#C/C(=C/N1CCNC1=S)C(=O)c1ccc2ccccc2c1. The molecule has 2 aromatic rings. The number of carbonyl (C=O) groups excluding carboxylic acids is 1. The van der Waals surface area contributed by atoms with Crippen molar-refractivity contribution in [1.29, 1.82) is 5.26 Å². The molecular weight excluding hydrogens is 294 g/mol. The van der Waals surface area contributed by atoms with E-state index in [1.54, 1.807) is 11.0 Å². The van der Waals surface area contributed by atoms with E-state index in [9.17, 15) is 10.1 Å². The number of nitrogens with zero attached hydrogens (tertiary/aromatic N) is 2. The van der Waals surface area contributed by atoms with Gasteiger partial charge in [-0.05, 0) is 29.1 Å². The van der Waals surface area contributed by atoms with Gasteiger partial charge in [-0.3, -0.25) is 4.79 Å². The highest BCUT2D eigenvalue weighted by Gasteiger charge is 2.18. The third-order valence-corrected chi connectivity index (χ3v) is 3.93. The van der Waals surface area contributed by atoms with E-state index in [1.165, 1.54) is 6.20 Å². The van der Waals surface area contributed by atoms with Crippen molar-refractivity contribution in [3.8, 4) is 6.07 Å². The van der Waals surface area contributed by atoms with E-state index in [2.05, 4.69) is 5.32 Å². The van der Waals surface area contributed by atoms with Gasteiger partial charge in [0.2, 0.25) is 5.78 Å². The number of rotatable bonds is 3. The lowest BCUT2D eigenvalue weighted by molar-refractivity contribution is 0.103. The van der Waals surface area contributed by atoms with E-state index in [1.807, 2.05) is 42.5 Å². The van der Waals surface area contributed by atoms with Crippen LogP contribution in [0.3, 0.4) is 0 Å². The minimum Gasteiger partial charge on any atom is -0.360 e. The van der Waals surface area contributed by atoms with Crippen molar-refractivity contribution in [1.82, 2.24) is 10.2 Å². The van der Waals surface area contributed by atoms with Crippen LogP contribution in [0.1, 0.15) is 10.4 Å². The Labute approximate surface area is 133 Å². The fourth-order valence-corrected chi connectivity index (χ4v) is 2.64. The first-order valence-corrected chi connectivity index (χ1v) is 7.30. The minimum atomic E-state index is -0.289. The smallest absolute Gasteiger partial charge is 0.205 e. The van der Waals surface area contributed by atoms with Gasteiger partial charge in [-0.2, -0.15) is 5.26 Å². The first kappa shape index (κ1) is 14.2. The number of ketones is 1. The highest BCUT2D eigenvalue weighted by Crippen LogP contribution is 2.18. The molecule has 0 amide bonds. The monoisotopic (exact) mass is 307 g/mol. The summed E-state index contributed by atoms with van der Waals surface area (Å²) in [5.41, 5.74) is 0.589. The molecule has 4 nitrogen and oxygen atoms in total. The average Bonchev–Trinajstić information content (AvgIpc) is 2.96. The molecule has 0 atom stereocenters. The van der Waals surface area contributed by atoms with E-state index in [-0.39, 0.29) is 11.4 Å². The zero-order valence-corrected chi connectivity index (χ0v) is 12.6. The Kier molecular flexibility index (Phi) is 3.86. The molecule has 0 saturated carbocycles. The lowest BCUT2D eigenvalue weighted by Gasteiger charge is -2.11. The molecule has 0 radical (unpaired) electrons. The second kappa shape index (κ2) is 5.96. The number of benzene rings is 2. The predicted octanol–water partition coefficient (Wildman–Crippen LogP) is 2.62. The quantitative estimate of drug-likeness (QED) is 0.409. The molecule has 108 valence electrons. The molecule has 3 rings (SSSR count). The van der Waals surface area contributed by atoms with Crippen molar-refractivity contribution in [2.24, 2.45) is 0 Å². The van der Waals surface area contributed by atoms with Crippen LogP contribution >= 0.6 is 12.2 Å². The van der Waals surface area contributed by atoms with E-state index >= 15 is 0 Å². The Hall–Kier alpha value is -2.71. The van der Waals surface area contributed by atoms with Gasteiger partial charge in [-0.25, -0.2) is 0 Å². The summed E-state index contributed by atoms with van der Waals surface area (Å²) in [5.74, 6) is -0.289. The number of Topliss-reactive ketones (excluding diaryl/α,β-unsaturated/α-hetero) is 1. The Bertz CT molecular complexity index is 835. The first-order chi connectivity index (χ1) is 10.7. The highest BCUT2D eigenvalue weighted by molar-refractivity contribution is 7.80. The zero-order chi connectivity index (χ0) is 15.5. The summed E-state index contributed by atoms with van der Waals surface area (Å²) in [4.78, 5) is 14.2. The third-order valence-electron chi connectivity index (χ3n) is 3.55. The van der Waals surface area contributed by atoms with Gasteiger partial charge in [0.1, 0.15) is 11.6 Å². The molecular formula is C17H13N3OS. The van der Waals surface area contributed by atoms with Gasteiger partial charge < -0.3 is 10.2 Å². The van der Waals surface area contributed by atoms with Gasteiger partial charge in [0.25, 0.3) is 0 Å². The summed E-state index contributed by atoms with van der Waals surface area (Å²) in [7, 11) is 0. The number of fused-ring (bicyclic) bond motifs is 1. The Morgan fingerprint density at radius 1 is 1.27 bits per heavy atom. The van der Waals surface area contributed by atoms with E-state index in [0.717, 1.165) is 17.3 Å². The molecule has 22 heavy (non-hydrogen) atoms. The van der Waals surface area contributed by atoms with Crippen molar-refractivity contribution in [2.75, 3.05) is 13.1 Å². The highest BCUT2D eigenvalue weighted by atomic mass is 32.1. The zero-order valence-electron chi connectivity index (χ0n) is 11.7.